The Morgan fingerprint density at radius 3 is 1.59 bits per heavy atom. The van der Waals surface area contributed by atoms with Gasteiger partial charge in [-0.2, -0.15) is 0 Å². The van der Waals surface area contributed by atoms with Gasteiger partial charge in [0.05, 0.1) is 12.1 Å². The van der Waals surface area contributed by atoms with Gasteiger partial charge in [0.2, 0.25) is 0 Å². The third-order valence-electron chi connectivity index (χ3n) is 4.22. The van der Waals surface area contributed by atoms with Gasteiger partial charge in [-0.25, -0.2) is 0 Å². The Balaban J connectivity index is 3.44. The lowest BCUT2D eigenvalue weighted by molar-refractivity contribution is 0.140. The van der Waals surface area contributed by atoms with E-state index in [4.69, 9.17) is 5.73 Å². The van der Waals surface area contributed by atoms with Gasteiger partial charge in [-0.15, -0.1) is 0 Å². The standard InChI is InChI=1S/C15H25NO/c1-7-13(17)15(16)14-11(5)9(3)8(2)10(4)12(14)6/h13,15,17H,7,16H2,1-6H3/t13-,15-/m0/s1. The smallest absolute Gasteiger partial charge is 0.0730 e. The lowest BCUT2D eigenvalue weighted by atomic mass is 9.84. The highest BCUT2D eigenvalue weighted by Crippen LogP contribution is 2.31. The van der Waals surface area contributed by atoms with Gasteiger partial charge in [-0.05, 0) is 74.4 Å². The number of benzene rings is 1. The van der Waals surface area contributed by atoms with Crippen LogP contribution in [0.3, 0.4) is 0 Å². The third-order valence-corrected chi connectivity index (χ3v) is 4.22. The Morgan fingerprint density at radius 2 is 1.24 bits per heavy atom. The van der Waals surface area contributed by atoms with Crippen LogP contribution in [-0.2, 0) is 0 Å². The van der Waals surface area contributed by atoms with Crippen molar-refractivity contribution < 1.29 is 5.11 Å². The maximum absolute atomic E-state index is 9.95. The van der Waals surface area contributed by atoms with Crippen LogP contribution in [0.1, 0.15) is 52.8 Å². The molecule has 1 aromatic rings. The van der Waals surface area contributed by atoms with Crippen molar-refractivity contribution in [2.45, 2.75) is 60.1 Å². The number of aliphatic hydroxyl groups excluding tert-OH is 1. The number of rotatable bonds is 3. The number of hydrogen-bond donors (Lipinski definition) is 2. The molecule has 17 heavy (non-hydrogen) atoms. The van der Waals surface area contributed by atoms with E-state index in [1.165, 1.54) is 27.8 Å². The van der Waals surface area contributed by atoms with Crippen LogP contribution < -0.4 is 5.73 Å². The molecule has 1 aromatic carbocycles. The first-order chi connectivity index (χ1) is 7.82. The minimum absolute atomic E-state index is 0.280. The number of nitrogens with two attached hydrogens (primary N) is 1. The molecule has 0 bridgehead atoms. The largest absolute Gasteiger partial charge is 0.391 e. The normalized spacial score (nSPS) is 14.8. The molecule has 0 saturated heterocycles. The van der Waals surface area contributed by atoms with E-state index in [-0.39, 0.29) is 6.04 Å². The van der Waals surface area contributed by atoms with Gasteiger partial charge in [0.25, 0.3) is 0 Å². The molecule has 0 unspecified atom stereocenters. The fourth-order valence-electron chi connectivity index (χ4n) is 2.48. The van der Waals surface area contributed by atoms with Gasteiger partial charge in [0.15, 0.2) is 0 Å². The van der Waals surface area contributed by atoms with Gasteiger partial charge in [-0.1, -0.05) is 6.92 Å². The molecule has 0 aliphatic carbocycles. The van der Waals surface area contributed by atoms with Crippen LogP contribution in [0, 0.1) is 34.6 Å². The van der Waals surface area contributed by atoms with E-state index in [9.17, 15) is 5.11 Å². The van der Waals surface area contributed by atoms with E-state index in [0.717, 1.165) is 5.56 Å². The first kappa shape index (κ1) is 14.2. The van der Waals surface area contributed by atoms with Crippen molar-refractivity contribution in [3.8, 4) is 0 Å². The molecule has 2 nitrogen and oxygen atoms in total. The van der Waals surface area contributed by atoms with Crippen LogP contribution in [0.5, 0.6) is 0 Å². The van der Waals surface area contributed by atoms with Crippen LogP contribution in [0.4, 0.5) is 0 Å². The predicted octanol–water partition coefficient (Wildman–Crippen LogP) is 3.00. The van der Waals surface area contributed by atoms with Gasteiger partial charge in [-0.3, -0.25) is 0 Å². The highest BCUT2D eigenvalue weighted by atomic mass is 16.3. The molecule has 0 aromatic heterocycles. The summed E-state index contributed by atoms with van der Waals surface area (Å²) in [5.41, 5.74) is 13.7. The Labute approximate surface area is 105 Å². The van der Waals surface area contributed by atoms with E-state index < -0.39 is 6.10 Å². The molecule has 1 rings (SSSR count). The summed E-state index contributed by atoms with van der Waals surface area (Å²) in [5.74, 6) is 0. The van der Waals surface area contributed by atoms with Gasteiger partial charge in [0.1, 0.15) is 0 Å². The summed E-state index contributed by atoms with van der Waals surface area (Å²) < 4.78 is 0. The average molecular weight is 235 g/mol. The van der Waals surface area contributed by atoms with Crippen molar-refractivity contribution in [1.29, 1.82) is 0 Å². The summed E-state index contributed by atoms with van der Waals surface area (Å²) in [6, 6.07) is -0.280. The maximum Gasteiger partial charge on any atom is 0.0730 e. The van der Waals surface area contributed by atoms with E-state index in [2.05, 4.69) is 34.6 Å². The molecular formula is C15H25NO. The zero-order chi connectivity index (χ0) is 13.3. The highest BCUT2D eigenvalue weighted by molar-refractivity contribution is 5.50. The Kier molecular flexibility index (Phi) is 4.34. The van der Waals surface area contributed by atoms with Gasteiger partial charge >= 0.3 is 0 Å². The molecule has 96 valence electrons. The van der Waals surface area contributed by atoms with E-state index in [1.807, 2.05) is 6.92 Å². The van der Waals surface area contributed by atoms with Crippen LogP contribution in [0.2, 0.25) is 0 Å². The number of aliphatic hydroxyl groups is 1. The molecule has 0 radical (unpaired) electrons. The molecule has 0 heterocycles. The molecule has 2 heteroatoms. The van der Waals surface area contributed by atoms with Crippen LogP contribution in [0.25, 0.3) is 0 Å². The fourth-order valence-corrected chi connectivity index (χ4v) is 2.48. The maximum atomic E-state index is 9.95. The summed E-state index contributed by atoms with van der Waals surface area (Å²) in [5, 5.41) is 9.95. The molecule has 2 atom stereocenters. The van der Waals surface area contributed by atoms with Crippen molar-refractivity contribution in [1.82, 2.24) is 0 Å². The first-order valence-electron chi connectivity index (χ1n) is 6.33. The lowest BCUT2D eigenvalue weighted by Crippen LogP contribution is -2.27. The summed E-state index contributed by atoms with van der Waals surface area (Å²) in [7, 11) is 0. The average Bonchev–Trinajstić information content (AvgIpc) is 2.32. The zero-order valence-electron chi connectivity index (χ0n) is 11.9. The molecule has 3 N–H and O–H groups in total. The van der Waals surface area contributed by atoms with Gasteiger partial charge < -0.3 is 10.8 Å². The molecule has 0 aliphatic heterocycles. The predicted molar refractivity (Wildman–Crippen MR) is 73.4 cm³/mol. The van der Waals surface area contributed by atoms with Crippen molar-refractivity contribution in [3.05, 3.63) is 33.4 Å². The number of hydrogen-bond acceptors (Lipinski definition) is 2. The lowest BCUT2D eigenvalue weighted by Gasteiger charge is -2.25. The Hall–Kier alpha value is -0.860. The quantitative estimate of drug-likeness (QED) is 0.846. The summed E-state index contributed by atoms with van der Waals surface area (Å²) >= 11 is 0. The van der Waals surface area contributed by atoms with Crippen LogP contribution in [0.15, 0.2) is 0 Å². The van der Waals surface area contributed by atoms with E-state index >= 15 is 0 Å². The van der Waals surface area contributed by atoms with Crippen molar-refractivity contribution in [2.24, 2.45) is 5.73 Å². The molecule has 0 saturated carbocycles. The summed E-state index contributed by atoms with van der Waals surface area (Å²) in [6.07, 6.45) is 0.223. The van der Waals surface area contributed by atoms with Crippen LogP contribution >= 0.6 is 0 Å². The second-order valence-electron chi connectivity index (χ2n) is 5.04. The summed E-state index contributed by atoms with van der Waals surface area (Å²) in [6.45, 7) is 12.6. The Bertz CT molecular complexity index is 394. The fraction of sp³-hybridized carbons (Fsp3) is 0.600. The molecule has 0 aliphatic rings. The third kappa shape index (κ3) is 2.38. The highest BCUT2D eigenvalue weighted by Gasteiger charge is 2.22. The van der Waals surface area contributed by atoms with E-state index in [0.29, 0.717) is 6.42 Å². The summed E-state index contributed by atoms with van der Waals surface area (Å²) in [4.78, 5) is 0. The monoisotopic (exact) mass is 235 g/mol. The van der Waals surface area contributed by atoms with E-state index in [1.54, 1.807) is 0 Å². The topological polar surface area (TPSA) is 46.2 Å². The molecule has 0 fully saturated rings. The second-order valence-corrected chi connectivity index (χ2v) is 5.04. The molecular weight excluding hydrogens is 210 g/mol. The second kappa shape index (κ2) is 5.19. The molecule has 0 amide bonds. The van der Waals surface area contributed by atoms with Crippen molar-refractivity contribution in [2.75, 3.05) is 0 Å². The van der Waals surface area contributed by atoms with Crippen molar-refractivity contribution in [3.63, 3.8) is 0 Å². The SMILES string of the molecule is CC[C@H](O)[C@H](N)c1c(C)c(C)c(C)c(C)c1C. The Morgan fingerprint density at radius 1 is 0.882 bits per heavy atom. The van der Waals surface area contributed by atoms with Crippen molar-refractivity contribution >= 4 is 0 Å². The first-order valence-corrected chi connectivity index (χ1v) is 6.33. The minimum Gasteiger partial charge on any atom is -0.391 e. The molecule has 0 spiro atoms. The zero-order valence-corrected chi connectivity index (χ0v) is 11.9. The van der Waals surface area contributed by atoms with Gasteiger partial charge in [0, 0.05) is 0 Å². The van der Waals surface area contributed by atoms with Crippen LogP contribution in [-0.4, -0.2) is 11.2 Å². The minimum atomic E-state index is -0.464.